The molecule has 124 valence electrons. The standard InChI is InChI=1S/C19H16N4O2/c1-25-14-8-6-13(7-9-14)21-18-16(19(24)23-22-18)10-12-11-20-17-5-3-2-4-15(12)17/h2-11,20H,1H3,(H,21,22)(H,23,24)/b16-10-. The van der Waals surface area contributed by atoms with E-state index in [1.807, 2.05) is 60.8 Å². The highest BCUT2D eigenvalue weighted by Crippen LogP contribution is 2.23. The van der Waals surface area contributed by atoms with Crippen molar-refractivity contribution >= 4 is 34.4 Å². The number of anilines is 1. The molecule has 2 aromatic carbocycles. The van der Waals surface area contributed by atoms with Crippen molar-refractivity contribution in [1.82, 2.24) is 10.4 Å². The van der Waals surface area contributed by atoms with Crippen molar-refractivity contribution in [3.05, 3.63) is 65.9 Å². The van der Waals surface area contributed by atoms with Gasteiger partial charge in [-0.1, -0.05) is 18.2 Å². The normalized spacial score (nSPS) is 15.3. The van der Waals surface area contributed by atoms with E-state index in [0.29, 0.717) is 11.4 Å². The molecule has 1 aromatic heterocycles. The molecule has 0 unspecified atom stereocenters. The summed E-state index contributed by atoms with van der Waals surface area (Å²) in [7, 11) is 1.62. The number of nitrogens with one attached hydrogen (secondary N) is 3. The molecular formula is C19H16N4O2. The molecule has 6 nitrogen and oxygen atoms in total. The van der Waals surface area contributed by atoms with Gasteiger partial charge in [0.05, 0.1) is 12.7 Å². The van der Waals surface area contributed by atoms with E-state index >= 15 is 0 Å². The molecule has 25 heavy (non-hydrogen) atoms. The smallest absolute Gasteiger partial charge is 0.275 e. The fraction of sp³-hybridized carbons (Fsp3) is 0.0526. The van der Waals surface area contributed by atoms with E-state index in [2.05, 4.69) is 20.8 Å². The number of carbonyl (C=O) groups excluding carboxylic acids is 1. The van der Waals surface area contributed by atoms with Crippen LogP contribution >= 0.6 is 0 Å². The summed E-state index contributed by atoms with van der Waals surface area (Å²) in [4.78, 5) is 15.4. The van der Waals surface area contributed by atoms with Crippen molar-refractivity contribution < 1.29 is 9.53 Å². The van der Waals surface area contributed by atoms with Crippen LogP contribution in [0.15, 0.2) is 65.4 Å². The molecule has 0 atom stereocenters. The second kappa shape index (κ2) is 6.16. The second-order valence-corrected chi connectivity index (χ2v) is 5.60. The first-order valence-electron chi connectivity index (χ1n) is 7.82. The lowest BCUT2D eigenvalue weighted by Crippen LogP contribution is -2.17. The molecule has 0 bridgehead atoms. The minimum absolute atomic E-state index is 0.235. The van der Waals surface area contributed by atoms with Crippen LogP contribution in [0.3, 0.4) is 0 Å². The first kappa shape index (κ1) is 15.0. The van der Waals surface area contributed by atoms with Gasteiger partial charge in [0.2, 0.25) is 0 Å². The van der Waals surface area contributed by atoms with Crippen LogP contribution in [-0.2, 0) is 4.79 Å². The highest BCUT2D eigenvalue weighted by Gasteiger charge is 2.23. The Kier molecular flexibility index (Phi) is 3.70. The van der Waals surface area contributed by atoms with Crippen molar-refractivity contribution in [3.8, 4) is 5.75 Å². The monoisotopic (exact) mass is 332 g/mol. The van der Waals surface area contributed by atoms with Crippen molar-refractivity contribution in [2.45, 2.75) is 0 Å². The predicted octanol–water partition coefficient (Wildman–Crippen LogP) is 3.12. The summed E-state index contributed by atoms with van der Waals surface area (Å²) in [5.41, 5.74) is 5.77. The molecule has 1 amide bonds. The van der Waals surface area contributed by atoms with Gasteiger partial charge < -0.3 is 15.0 Å². The number of methoxy groups -OCH3 is 1. The van der Waals surface area contributed by atoms with Crippen LogP contribution in [0.25, 0.3) is 17.0 Å². The van der Waals surface area contributed by atoms with Crippen LogP contribution in [0.5, 0.6) is 5.75 Å². The number of hydrogen-bond donors (Lipinski definition) is 3. The first-order valence-corrected chi connectivity index (χ1v) is 7.82. The van der Waals surface area contributed by atoms with E-state index in [-0.39, 0.29) is 5.91 Å². The predicted molar refractivity (Wildman–Crippen MR) is 98.5 cm³/mol. The average molecular weight is 332 g/mol. The maximum atomic E-state index is 12.2. The number of aromatic nitrogens is 1. The highest BCUT2D eigenvalue weighted by molar-refractivity contribution is 6.30. The Bertz CT molecular complexity index is 1000. The summed E-state index contributed by atoms with van der Waals surface area (Å²) in [6.07, 6.45) is 3.71. The molecule has 1 aliphatic rings. The molecule has 3 aromatic rings. The summed E-state index contributed by atoms with van der Waals surface area (Å²) in [5, 5.41) is 8.31. The number of aromatic amines is 1. The lowest BCUT2D eigenvalue weighted by Gasteiger charge is -2.07. The number of hydrazone groups is 1. The number of amidine groups is 1. The number of benzene rings is 2. The number of rotatable bonds is 3. The van der Waals surface area contributed by atoms with E-state index in [4.69, 9.17) is 4.74 Å². The Hall–Kier alpha value is -3.54. The Morgan fingerprint density at radius 3 is 2.72 bits per heavy atom. The Morgan fingerprint density at radius 1 is 1.12 bits per heavy atom. The third kappa shape index (κ3) is 2.85. The summed E-state index contributed by atoms with van der Waals surface area (Å²) in [6, 6.07) is 15.4. The molecule has 6 heteroatoms. The fourth-order valence-electron chi connectivity index (χ4n) is 2.74. The van der Waals surface area contributed by atoms with E-state index in [0.717, 1.165) is 27.9 Å². The van der Waals surface area contributed by atoms with Crippen molar-refractivity contribution in [1.29, 1.82) is 0 Å². The van der Waals surface area contributed by atoms with Gasteiger partial charge in [0.25, 0.3) is 5.91 Å². The molecule has 0 aliphatic carbocycles. The van der Waals surface area contributed by atoms with Crippen LogP contribution in [0, 0.1) is 0 Å². The zero-order valence-electron chi connectivity index (χ0n) is 13.5. The summed E-state index contributed by atoms with van der Waals surface area (Å²) < 4.78 is 5.15. The summed E-state index contributed by atoms with van der Waals surface area (Å²) in [5.74, 6) is 1.02. The van der Waals surface area contributed by atoms with E-state index < -0.39 is 0 Å². The van der Waals surface area contributed by atoms with Crippen LogP contribution in [-0.4, -0.2) is 23.8 Å². The number of fused-ring (bicyclic) bond motifs is 1. The second-order valence-electron chi connectivity index (χ2n) is 5.60. The zero-order chi connectivity index (χ0) is 17.2. The minimum Gasteiger partial charge on any atom is -0.497 e. The number of hydrogen-bond acceptors (Lipinski definition) is 4. The van der Waals surface area contributed by atoms with Gasteiger partial charge in [-0.2, -0.15) is 5.10 Å². The number of ether oxygens (including phenoxy) is 1. The molecule has 0 fully saturated rings. The van der Waals surface area contributed by atoms with Crippen LogP contribution in [0.4, 0.5) is 5.69 Å². The van der Waals surface area contributed by atoms with Gasteiger partial charge >= 0.3 is 0 Å². The van der Waals surface area contributed by atoms with Crippen molar-refractivity contribution in [2.24, 2.45) is 5.10 Å². The van der Waals surface area contributed by atoms with Crippen LogP contribution < -0.4 is 15.5 Å². The zero-order valence-corrected chi connectivity index (χ0v) is 13.5. The van der Waals surface area contributed by atoms with Crippen LogP contribution in [0.1, 0.15) is 5.56 Å². The molecule has 3 N–H and O–H groups in total. The molecule has 2 heterocycles. The Balaban J connectivity index is 1.65. The third-order valence-corrected chi connectivity index (χ3v) is 4.04. The number of carbonyl (C=O) groups is 1. The maximum Gasteiger partial charge on any atom is 0.275 e. The van der Waals surface area contributed by atoms with Gasteiger partial charge in [-0.3, -0.25) is 4.79 Å². The lowest BCUT2D eigenvalue weighted by molar-refractivity contribution is -0.116. The molecule has 0 radical (unpaired) electrons. The highest BCUT2D eigenvalue weighted by atomic mass is 16.5. The Morgan fingerprint density at radius 2 is 1.92 bits per heavy atom. The van der Waals surface area contributed by atoms with Gasteiger partial charge in [0, 0.05) is 28.4 Å². The first-order chi connectivity index (χ1) is 12.2. The molecule has 4 rings (SSSR count). The fourth-order valence-corrected chi connectivity index (χ4v) is 2.74. The minimum atomic E-state index is -0.235. The van der Waals surface area contributed by atoms with E-state index in [1.54, 1.807) is 7.11 Å². The van der Waals surface area contributed by atoms with Crippen molar-refractivity contribution in [3.63, 3.8) is 0 Å². The quantitative estimate of drug-likeness (QED) is 0.645. The molecule has 0 saturated carbocycles. The molecule has 0 spiro atoms. The van der Waals surface area contributed by atoms with E-state index in [9.17, 15) is 4.79 Å². The van der Waals surface area contributed by atoms with Gasteiger partial charge in [-0.05, 0) is 36.4 Å². The molecule has 0 saturated heterocycles. The average Bonchev–Trinajstić information content (AvgIpc) is 3.21. The summed E-state index contributed by atoms with van der Waals surface area (Å²) >= 11 is 0. The maximum absolute atomic E-state index is 12.2. The lowest BCUT2D eigenvalue weighted by atomic mass is 10.1. The topological polar surface area (TPSA) is 78.5 Å². The number of H-pyrrole nitrogens is 1. The van der Waals surface area contributed by atoms with Gasteiger partial charge in [0.1, 0.15) is 5.75 Å². The third-order valence-electron chi connectivity index (χ3n) is 4.04. The molecule has 1 aliphatic heterocycles. The van der Waals surface area contributed by atoms with Crippen molar-refractivity contribution in [2.75, 3.05) is 12.4 Å². The van der Waals surface area contributed by atoms with E-state index in [1.165, 1.54) is 0 Å². The van der Waals surface area contributed by atoms with Gasteiger partial charge in [0.15, 0.2) is 5.84 Å². The number of amides is 1. The number of para-hydroxylation sites is 1. The summed E-state index contributed by atoms with van der Waals surface area (Å²) in [6.45, 7) is 0. The SMILES string of the molecule is COc1ccc(NC2=NNC(=O)/C2=C\c2c[nH]c3ccccc23)cc1. The Labute approximate surface area is 144 Å². The molecular weight excluding hydrogens is 316 g/mol. The number of nitrogens with zero attached hydrogens (tertiary/aromatic N) is 1. The largest absolute Gasteiger partial charge is 0.497 e. The van der Waals surface area contributed by atoms with Gasteiger partial charge in [-0.25, -0.2) is 5.43 Å². The van der Waals surface area contributed by atoms with Gasteiger partial charge in [-0.15, -0.1) is 0 Å². The van der Waals surface area contributed by atoms with Crippen LogP contribution in [0.2, 0.25) is 0 Å².